The summed E-state index contributed by atoms with van der Waals surface area (Å²) in [4.78, 5) is 41.8. The van der Waals surface area contributed by atoms with E-state index in [2.05, 4.69) is 0 Å². The van der Waals surface area contributed by atoms with Gasteiger partial charge in [-0.2, -0.15) is 0 Å². The molecule has 6 nitrogen and oxygen atoms in total. The monoisotopic (exact) mass is 333 g/mol. The average molecular weight is 334 g/mol. The van der Waals surface area contributed by atoms with Crippen molar-refractivity contribution in [3.8, 4) is 0 Å². The molecule has 3 saturated heterocycles. The molecule has 3 fully saturated rings. The van der Waals surface area contributed by atoms with Crippen LogP contribution in [0.2, 0.25) is 5.02 Å². The van der Waals surface area contributed by atoms with Gasteiger partial charge in [-0.05, 0) is 25.0 Å². The van der Waals surface area contributed by atoms with Gasteiger partial charge >= 0.3 is 6.03 Å². The second-order valence-corrected chi connectivity index (χ2v) is 6.56. The first kappa shape index (κ1) is 14.5. The van der Waals surface area contributed by atoms with Gasteiger partial charge in [0.1, 0.15) is 6.04 Å². The summed E-state index contributed by atoms with van der Waals surface area (Å²) < 4.78 is 0. The lowest BCUT2D eigenvalue weighted by Gasteiger charge is -2.23. The molecular formula is C16H16ClN3O3. The Bertz CT molecular complexity index is 686. The maximum absolute atomic E-state index is 12.5. The van der Waals surface area contributed by atoms with Crippen LogP contribution in [0.15, 0.2) is 24.3 Å². The fourth-order valence-corrected chi connectivity index (χ4v) is 3.98. The Morgan fingerprint density at radius 1 is 1.13 bits per heavy atom. The van der Waals surface area contributed by atoms with E-state index < -0.39 is 6.04 Å². The molecule has 1 aromatic carbocycles. The number of rotatable bonds is 2. The van der Waals surface area contributed by atoms with E-state index in [1.165, 1.54) is 4.90 Å². The highest BCUT2D eigenvalue weighted by molar-refractivity contribution is 6.33. The highest BCUT2D eigenvalue weighted by Crippen LogP contribution is 2.34. The van der Waals surface area contributed by atoms with Crippen molar-refractivity contribution in [3.05, 3.63) is 29.3 Å². The molecule has 4 rings (SSSR count). The lowest BCUT2D eigenvalue weighted by molar-refractivity contribution is -0.129. The standard InChI is InChI=1S/C16H16ClN3O3/c17-11-4-1-2-5-12(11)19-9-10(8-14(19)21)20-15(22)13-6-3-7-18(13)16(20)23/h1-2,4-5,10,13H,3,6-9H2/t10-,13+/m1/s1. The van der Waals surface area contributed by atoms with Crippen molar-refractivity contribution in [1.82, 2.24) is 9.80 Å². The minimum Gasteiger partial charge on any atom is -0.312 e. The number of benzene rings is 1. The number of hydrogen-bond donors (Lipinski definition) is 0. The van der Waals surface area contributed by atoms with Crippen LogP contribution in [0.25, 0.3) is 0 Å². The van der Waals surface area contributed by atoms with Crippen molar-refractivity contribution in [3.63, 3.8) is 0 Å². The first-order chi connectivity index (χ1) is 11.1. The first-order valence-electron chi connectivity index (χ1n) is 7.76. The van der Waals surface area contributed by atoms with Crippen molar-refractivity contribution in [2.75, 3.05) is 18.0 Å². The molecule has 0 aromatic heterocycles. The summed E-state index contributed by atoms with van der Waals surface area (Å²) in [6.45, 7) is 0.932. The summed E-state index contributed by atoms with van der Waals surface area (Å²) in [5.74, 6) is -0.276. The molecular weight excluding hydrogens is 318 g/mol. The summed E-state index contributed by atoms with van der Waals surface area (Å²) in [7, 11) is 0. The predicted octanol–water partition coefficient (Wildman–Crippen LogP) is 1.87. The van der Waals surface area contributed by atoms with Gasteiger partial charge in [-0.1, -0.05) is 23.7 Å². The van der Waals surface area contributed by atoms with Gasteiger partial charge in [-0.25, -0.2) is 4.79 Å². The summed E-state index contributed by atoms with van der Waals surface area (Å²) in [6, 6.07) is 6.11. The van der Waals surface area contributed by atoms with Crippen LogP contribution in [-0.2, 0) is 9.59 Å². The van der Waals surface area contributed by atoms with Crippen molar-refractivity contribution in [1.29, 1.82) is 0 Å². The number of carbonyl (C=O) groups excluding carboxylic acids is 3. The number of para-hydroxylation sites is 1. The van der Waals surface area contributed by atoms with Gasteiger partial charge in [0.2, 0.25) is 5.91 Å². The maximum atomic E-state index is 12.5. The Morgan fingerprint density at radius 2 is 1.91 bits per heavy atom. The Labute approximate surface area is 138 Å². The highest BCUT2D eigenvalue weighted by Gasteiger charge is 2.52. The van der Waals surface area contributed by atoms with Crippen LogP contribution in [0.1, 0.15) is 19.3 Å². The minimum absolute atomic E-state index is 0.115. The number of imide groups is 1. The summed E-state index contributed by atoms with van der Waals surface area (Å²) in [5.41, 5.74) is 0.626. The molecule has 0 saturated carbocycles. The maximum Gasteiger partial charge on any atom is 0.327 e. The molecule has 0 aliphatic carbocycles. The Morgan fingerprint density at radius 3 is 2.65 bits per heavy atom. The van der Waals surface area contributed by atoms with Crippen molar-refractivity contribution >= 4 is 35.1 Å². The molecule has 23 heavy (non-hydrogen) atoms. The molecule has 0 N–H and O–H groups in total. The third-order valence-electron chi connectivity index (χ3n) is 4.84. The van der Waals surface area contributed by atoms with Gasteiger partial charge in [0.25, 0.3) is 5.91 Å². The molecule has 4 amide bonds. The molecule has 7 heteroatoms. The second kappa shape index (κ2) is 5.23. The zero-order valence-electron chi connectivity index (χ0n) is 12.4. The van der Waals surface area contributed by atoms with Crippen molar-refractivity contribution in [2.45, 2.75) is 31.3 Å². The Hall–Kier alpha value is -2.08. The van der Waals surface area contributed by atoms with Crippen molar-refractivity contribution < 1.29 is 14.4 Å². The quantitative estimate of drug-likeness (QED) is 0.776. The van der Waals surface area contributed by atoms with Gasteiger partial charge in [0, 0.05) is 19.5 Å². The number of halogens is 1. The van der Waals surface area contributed by atoms with Crippen LogP contribution in [0.5, 0.6) is 0 Å². The Balaban J connectivity index is 1.58. The number of urea groups is 1. The Kier molecular flexibility index (Phi) is 3.30. The topological polar surface area (TPSA) is 60.9 Å². The molecule has 1 aromatic rings. The summed E-state index contributed by atoms with van der Waals surface area (Å²) in [6.07, 6.45) is 1.74. The second-order valence-electron chi connectivity index (χ2n) is 6.16. The molecule has 0 unspecified atom stereocenters. The number of fused-ring (bicyclic) bond motifs is 1. The van der Waals surface area contributed by atoms with Crippen LogP contribution in [0.4, 0.5) is 10.5 Å². The third kappa shape index (κ3) is 2.12. The number of amides is 4. The van der Waals surface area contributed by atoms with Gasteiger partial charge in [-0.3, -0.25) is 14.5 Å². The van der Waals surface area contributed by atoms with E-state index in [0.717, 1.165) is 12.8 Å². The SMILES string of the molecule is O=C1C[C@@H](N2C(=O)[C@@H]3CCCN3C2=O)CN1c1ccccc1Cl. The lowest BCUT2D eigenvalue weighted by Crippen LogP contribution is -2.43. The molecule has 0 bridgehead atoms. The van der Waals surface area contributed by atoms with Crippen molar-refractivity contribution in [2.24, 2.45) is 0 Å². The highest BCUT2D eigenvalue weighted by atomic mass is 35.5. The average Bonchev–Trinajstić information content (AvgIpc) is 3.19. The van der Waals surface area contributed by atoms with Gasteiger partial charge in [0.15, 0.2) is 0 Å². The minimum atomic E-state index is -0.413. The smallest absolute Gasteiger partial charge is 0.312 e. The van der Waals surface area contributed by atoms with E-state index >= 15 is 0 Å². The fourth-order valence-electron chi connectivity index (χ4n) is 3.75. The predicted molar refractivity (Wildman–Crippen MR) is 84.2 cm³/mol. The number of anilines is 1. The molecule has 0 spiro atoms. The van der Waals surface area contributed by atoms with Crippen LogP contribution in [-0.4, -0.2) is 52.8 Å². The zero-order chi connectivity index (χ0) is 16.1. The van der Waals surface area contributed by atoms with Gasteiger partial charge in [0.05, 0.1) is 16.8 Å². The zero-order valence-corrected chi connectivity index (χ0v) is 13.2. The molecule has 2 atom stereocenters. The largest absolute Gasteiger partial charge is 0.327 e. The van der Waals surface area contributed by atoms with E-state index in [1.807, 2.05) is 6.07 Å². The molecule has 3 aliphatic heterocycles. The van der Waals surface area contributed by atoms with E-state index in [0.29, 0.717) is 23.8 Å². The first-order valence-corrected chi connectivity index (χ1v) is 8.14. The molecule has 0 radical (unpaired) electrons. The summed E-state index contributed by atoms with van der Waals surface area (Å²) in [5, 5.41) is 0.487. The van der Waals surface area contributed by atoms with E-state index in [9.17, 15) is 14.4 Å². The fraction of sp³-hybridized carbons (Fsp3) is 0.438. The number of hydrogen-bond acceptors (Lipinski definition) is 3. The summed E-state index contributed by atoms with van der Waals surface area (Å²) >= 11 is 6.16. The third-order valence-corrected chi connectivity index (χ3v) is 5.16. The molecule has 3 heterocycles. The number of nitrogens with zero attached hydrogens (tertiary/aromatic N) is 3. The molecule has 3 aliphatic rings. The molecule has 120 valence electrons. The lowest BCUT2D eigenvalue weighted by atomic mass is 10.2. The van der Waals surface area contributed by atoms with E-state index in [1.54, 1.807) is 28.0 Å². The van der Waals surface area contributed by atoms with Gasteiger partial charge in [-0.15, -0.1) is 0 Å². The van der Waals surface area contributed by atoms with Gasteiger partial charge < -0.3 is 9.80 Å². The van der Waals surface area contributed by atoms with Crippen LogP contribution in [0.3, 0.4) is 0 Å². The van der Waals surface area contributed by atoms with Crippen LogP contribution < -0.4 is 4.90 Å². The normalized spacial score (nSPS) is 27.3. The van der Waals surface area contributed by atoms with E-state index in [4.69, 9.17) is 11.6 Å². The van der Waals surface area contributed by atoms with Crippen LogP contribution in [0, 0.1) is 0 Å². The van der Waals surface area contributed by atoms with Crippen LogP contribution >= 0.6 is 11.6 Å². The van der Waals surface area contributed by atoms with E-state index in [-0.39, 0.29) is 30.3 Å². The number of carbonyl (C=O) groups is 3.